The Morgan fingerprint density at radius 1 is 1.36 bits per heavy atom. The van der Waals surface area contributed by atoms with E-state index in [1.165, 1.54) is 4.90 Å². The molecule has 0 radical (unpaired) electrons. The standard InChI is InChI=1S/C7H14N4O3/c8-6(9-14)5-10-1-3-11(4-2-10)7(12)13/h14H,1-5H2,(H2,8,9)(H,12,13). The van der Waals surface area contributed by atoms with Gasteiger partial charge in [0.2, 0.25) is 0 Å². The molecule has 4 N–H and O–H groups in total. The number of amides is 1. The van der Waals surface area contributed by atoms with Gasteiger partial charge < -0.3 is 20.9 Å². The van der Waals surface area contributed by atoms with Crippen LogP contribution in [0.3, 0.4) is 0 Å². The van der Waals surface area contributed by atoms with Gasteiger partial charge in [0.1, 0.15) is 0 Å². The van der Waals surface area contributed by atoms with E-state index >= 15 is 0 Å². The molecule has 0 aromatic rings. The van der Waals surface area contributed by atoms with Gasteiger partial charge in [-0.3, -0.25) is 4.90 Å². The zero-order valence-electron chi connectivity index (χ0n) is 7.76. The first-order chi connectivity index (χ1) is 6.63. The third-order valence-electron chi connectivity index (χ3n) is 2.16. The number of amidine groups is 1. The molecular weight excluding hydrogens is 188 g/mol. The second-order valence-corrected chi connectivity index (χ2v) is 3.14. The van der Waals surface area contributed by atoms with E-state index in [4.69, 9.17) is 16.0 Å². The number of rotatable bonds is 2. The van der Waals surface area contributed by atoms with E-state index in [1.54, 1.807) is 0 Å². The molecule has 80 valence electrons. The smallest absolute Gasteiger partial charge is 0.407 e. The van der Waals surface area contributed by atoms with Crippen LogP contribution >= 0.6 is 0 Å². The van der Waals surface area contributed by atoms with Gasteiger partial charge >= 0.3 is 6.09 Å². The molecule has 0 saturated carbocycles. The van der Waals surface area contributed by atoms with Crippen molar-refractivity contribution in [2.45, 2.75) is 0 Å². The third kappa shape index (κ3) is 2.77. The molecule has 1 rings (SSSR count). The van der Waals surface area contributed by atoms with Crippen molar-refractivity contribution in [2.75, 3.05) is 32.7 Å². The van der Waals surface area contributed by atoms with Crippen LogP contribution in [0.5, 0.6) is 0 Å². The Balaban J connectivity index is 2.32. The molecular formula is C7H14N4O3. The van der Waals surface area contributed by atoms with E-state index in [-0.39, 0.29) is 5.84 Å². The topological polar surface area (TPSA) is 102 Å². The van der Waals surface area contributed by atoms with Gasteiger partial charge in [-0.25, -0.2) is 4.79 Å². The minimum absolute atomic E-state index is 0.147. The summed E-state index contributed by atoms with van der Waals surface area (Å²) in [4.78, 5) is 13.8. The van der Waals surface area contributed by atoms with Gasteiger partial charge in [-0.05, 0) is 0 Å². The highest BCUT2D eigenvalue weighted by atomic mass is 16.4. The van der Waals surface area contributed by atoms with E-state index in [0.29, 0.717) is 32.7 Å². The van der Waals surface area contributed by atoms with Crippen LogP contribution in [-0.2, 0) is 0 Å². The Morgan fingerprint density at radius 2 is 1.93 bits per heavy atom. The molecule has 0 atom stereocenters. The van der Waals surface area contributed by atoms with Gasteiger partial charge in [0.05, 0.1) is 6.54 Å². The fourth-order valence-electron chi connectivity index (χ4n) is 1.36. The number of hydrogen-bond acceptors (Lipinski definition) is 4. The number of nitrogens with zero attached hydrogens (tertiary/aromatic N) is 3. The molecule has 1 aliphatic heterocycles. The van der Waals surface area contributed by atoms with Gasteiger partial charge in [0.15, 0.2) is 5.84 Å². The first kappa shape index (κ1) is 10.6. The molecule has 1 heterocycles. The highest BCUT2D eigenvalue weighted by molar-refractivity contribution is 5.81. The summed E-state index contributed by atoms with van der Waals surface area (Å²) in [5, 5.41) is 19.9. The lowest BCUT2D eigenvalue weighted by Crippen LogP contribution is -2.50. The van der Waals surface area contributed by atoms with Crippen molar-refractivity contribution in [1.82, 2.24) is 9.80 Å². The lowest BCUT2D eigenvalue weighted by Gasteiger charge is -2.32. The molecule has 0 unspecified atom stereocenters. The minimum atomic E-state index is -0.895. The van der Waals surface area contributed by atoms with Crippen molar-refractivity contribution in [3.8, 4) is 0 Å². The number of hydrogen-bond donors (Lipinski definition) is 3. The quantitative estimate of drug-likeness (QED) is 0.231. The normalized spacial score (nSPS) is 19.7. The minimum Gasteiger partial charge on any atom is -0.465 e. The summed E-state index contributed by atoms with van der Waals surface area (Å²) in [7, 11) is 0. The SMILES string of the molecule is N/C(CN1CCN(C(=O)O)CC1)=N\O. The van der Waals surface area contributed by atoms with Gasteiger partial charge in [-0.2, -0.15) is 0 Å². The molecule has 1 amide bonds. The highest BCUT2D eigenvalue weighted by Crippen LogP contribution is 2.00. The Bertz CT molecular complexity index is 235. The maximum absolute atomic E-state index is 10.6. The first-order valence-corrected chi connectivity index (χ1v) is 4.30. The van der Waals surface area contributed by atoms with E-state index in [2.05, 4.69) is 5.16 Å². The molecule has 1 saturated heterocycles. The third-order valence-corrected chi connectivity index (χ3v) is 2.16. The largest absolute Gasteiger partial charge is 0.465 e. The lowest BCUT2D eigenvalue weighted by atomic mass is 10.3. The van der Waals surface area contributed by atoms with Crippen molar-refractivity contribution >= 4 is 11.9 Å². The number of carboxylic acid groups (broad SMARTS) is 1. The van der Waals surface area contributed by atoms with Crippen LogP contribution in [0.2, 0.25) is 0 Å². The van der Waals surface area contributed by atoms with Crippen molar-refractivity contribution in [1.29, 1.82) is 0 Å². The Kier molecular flexibility index (Phi) is 3.52. The molecule has 0 aromatic carbocycles. The van der Waals surface area contributed by atoms with Gasteiger partial charge in [0.25, 0.3) is 0 Å². The van der Waals surface area contributed by atoms with Crippen LogP contribution in [-0.4, -0.2) is 64.8 Å². The van der Waals surface area contributed by atoms with Crippen molar-refractivity contribution in [3.05, 3.63) is 0 Å². The van der Waals surface area contributed by atoms with Crippen LogP contribution in [0.4, 0.5) is 4.79 Å². The van der Waals surface area contributed by atoms with Crippen LogP contribution in [0, 0.1) is 0 Å². The summed E-state index contributed by atoms with van der Waals surface area (Å²) in [5.74, 6) is 0.147. The molecule has 7 heteroatoms. The Labute approximate surface area is 81.4 Å². The van der Waals surface area contributed by atoms with E-state index in [0.717, 1.165) is 0 Å². The average Bonchev–Trinajstić information content (AvgIpc) is 2.18. The van der Waals surface area contributed by atoms with E-state index < -0.39 is 6.09 Å². The summed E-state index contributed by atoms with van der Waals surface area (Å²) in [6.07, 6.45) is -0.895. The second kappa shape index (κ2) is 4.66. The highest BCUT2D eigenvalue weighted by Gasteiger charge is 2.20. The number of oxime groups is 1. The monoisotopic (exact) mass is 202 g/mol. The van der Waals surface area contributed by atoms with Crippen LogP contribution in [0.25, 0.3) is 0 Å². The summed E-state index contributed by atoms with van der Waals surface area (Å²) in [5.41, 5.74) is 5.33. The molecule has 0 aliphatic carbocycles. The van der Waals surface area contributed by atoms with Gasteiger partial charge in [0, 0.05) is 26.2 Å². The van der Waals surface area contributed by atoms with Crippen molar-refractivity contribution < 1.29 is 15.1 Å². The zero-order chi connectivity index (χ0) is 10.6. The summed E-state index contributed by atoms with van der Waals surface area (Å²) in [6.45, 7) is 2.54. The van der Waals surface area contributed by atoms with Crippen molar-refractivity contribution in [3.63, 3.8) is 0 Å². The molecule has 0 bridgehead atoms. The van der Waals surface area contributed by atoms with Gasteiger partial charge in [-0.15, -0.1) is 0 Å². The molecule has 1 aliphatic rings. The lowest BCUT2D eigenvalue weighted by molar-refractivity contribution is 0.111. The maximum atomic E-state index is 10.6. The maximum Gasteiger partial charge on any atom is 0.407 e. The second-order valence-electron chi connectivity index (χ2n) is 3.14. The molecule has 7 nitrogen and oxygen atoms in total. The fourth-order valence-corrected chi connectivity index (χ4v) is 1.36. The zero-order valence-corrected chi connectivity index (χ0v) is 7.76. The Hall–Kier alpha value is -1.50. The van der Waals surface area contributed by atoms with E-state index in [9.17, 15) is 4.79 Å². The molecule has 0 spiro atoms. The number of carbonyl (C=O) groups is 1. The average molecular weight is 202 g/mol. The summed E-state index contributed by atoms with van der Waals surface area (Å²) >= 11 is 0. The first-order valence-electron chi connectivity index (χ1n) is 4.30. The van der Waals surface area contributed by atoms with Crippen LogP contribution in [0.1, 0.15) is 0 Å². The molecule has 1 fully saturated rings. The summed E-state index contributed by atoms with van der Waals surface area (Å²) in [6, 6.07) is 0. The predicted molar refractivity (Wildman–Crippen MR) is 49.4 cm³/mol. The Morgan fingerprint density at radius 3 is 2.36 bits per heavy atom. The summed E-state index contributed by atoms with van der Waals surface area (Å²) < 4.78 is 0. The van der Waals surface area contributed by atoms with Crippen LogP contribution in [0.15, 0.2) is 5.16 Å². The molecule has 0 aromatic heterocycles. The number of nitrogens with two attached hydrogens (primary N) is 1. The van der Waals surface area contributed by atoms with Crippen molar-refractivity contribution in [2.24, 2.45) is 10.9 Å². The van der Waals surface area contributed by atoms with Crippen LogP contribution < -0.4 is 5.73 Å². The fraction of sp³-hybridized carbons (Fsp3) is 0.714. The van der Waals surface area contributed by atoms with Gasteiger partial charge in [-0.1, -0.05) is 5.16 Å². The predicted octanol–water partition coefficient (Wildman–Crippen LogP) is -0.972. The van der Waals surface area contributed by atoms with E-state index in [1.807, 2.05) is 4.90 Å². The number of piperazine rings is 1. The molecule has 14 heavy (non-hydrogen) atoms.